The Hall–Kier alpha value is 0.479. The number of hydrogen-bond donors (Lipinski definition) is 0. The van der Waals surface area contributed by atoms with Crippen molar-refractivity contribution in [3.8, 4) is 0 Å². The van der Waals surface area contributed by atoms with Crippen LogP contribution in [0.3, 0.4) is 0 Å². The Morgan fingerprint density at radius 3 is 2.90 bits per heavy atom. The van der Waals surface area contributed by atoms with Gasteiger partial charge >= 0.3 is 69.2 Å². The van der Waals surface area contributed by atoms with E-state index in [1.54, 1.807) is 0 Å². The predicted octanol–water partition coefficient (Wildman–Crippen LogP) is 2.12. The minimum atomic E-state index is 0.670. The molecule has 2 heteroatoms. The molecule has 1 nitrogen and oxygen atoms in total. The zero-order valence-corrected chi connectivity index (χ0v) is 8.35. The van der Waals surface area contributed by atoms with Crippen molar-refractivity contribution in [2.24, 2.45) is 0 Å². The molecule has 1 aliphatic rings. The average Bonchev–Trinajstić information content (AvgIpc) is 2.71. The average molecular weight is 207 g/mol. The summed E-state index contributed by atoms with van der Waals surface area (Å²) in [5.41, 5.74) is 0. The molecule has 0 N–H and O–H groups in total. The molecule has 1 atom stereocenters. The van der Waals surface area contributed by atoms with Gasteiger partial charge in [0.2, 0.25) is 0 Å². The van der Waals surface area contributed by atoms with Gasteiger partial charge < -0.3 is 0 Å². The topological polar surface area (TPSA) is 12.5 Å². The number of ether oxygens (including phenoxy) is 1. The summed E-state index contributed by atoms with van der Waals surface area (Å²) in [5.74, 6) is 0. The maximum atomic E-state index is 5.13. The van der Waals surface area contributed by atoms with Gasteiger partial charge in [0, 0.05) is 0 Å². The van der Waals surface area contributed by atoms with E-state index in [1.807, 2.05) is 0 Å². The van der Waals surface area contributed by atoms with Crippen LogP contribution in [0.2, 0.25) is 10.6 Å². The van der Waals surface area contributed by atoms with E-state index in [4.69, 9.17) is 4.74 Å². The van der Waals surface area contributed by atoms with Gasteiger partial charge in [0.1, 0.15) is 0 Å². The standard InChI is InChI=1S/C8H16OSe/c1-2-3-5-10-6-4-8-7-9-8/h8H,2-7H2,1H3. The first kappa shape index (κ1) is 8.57. The number of rotatable bonds is 6. The molecular weight excluding hydrogens is 191 g/mol. The van der Waals surface area contributed by atoms with Crippen molar-refractivity contribution in [1.29, 1.82) is 0 Å². The van der Waals surface area contributed by atoms with E-state index in [0.717, 1.165) is 21.6 Å². The number of epoxide rings is 1. The third-order valence-corrected chi connectivity index (χ3v) is 3.94. The quantitative estimate of drug-likeness (QED) is 0.369. The van der Waals surface area contributed by atoms with Crippen molar-refractivity contribution >= 4 is 15.0 Å². The summed E-state index contributed by atoms with van der Waals surface area (Å²) < 4.78 is 5.13. The fraction of sp³-hybridized carbons (Fsp3) is 1.00. The van der Waals surface area contributed by atoms with E-state index in [0.29, 0.717) is 6.10 Å². The summed E-state index contributed by atoms with van der Waals surface area (Å²) in [6, 6.07) is 0. The first-order valence-electron chi connectivity index (χ1n) is 4.13. The summed E-state index contributed by atoms with van der Waals surface area (Å²) in [4.78, 5) is 0. The second kappa shape index (κ2) is 5.17. The number of hydrogen-bond acceptors (Lipinski definition) is 1. The Labute approximate surface area is 69.7 Å². The first-order valence-corrected chi connectivity index (χ1v) is 6.55. The molecule has 0 radical (unpaired) electrons. The summed E-state index contributed by atoms with van der Waals surface area (Å²) >= 11 is 0.919. The van der Waals surface area contributed by atoms with Gasteiger partial charge in [-0.1, -0.05) is 0 Å². The van der Waals surface area contributed by atoms with Crippen LogP contribution >= 0.6 is 0 Å². The fourth-order valence-electron chi connectivity index (χ4n) is 0.798. The zero-order chi connectivity index (χ0) is 7.23. The molecule has 0 spiro atoms. The molecule has 1 rings (SSSR count). The normalized spacial score (nSPS) is 23.1. The van der Waals surface area contributed by atoms with Gasteiger partial charge in [0.15, 0.2) is 0 Å². The molecule has 1 aliphatic heterocycles. The molecule has 10 heavy (non-hydrogen) atoms. The van der Waals surface area contributed by atoms with Crippen LogP contribution in [0.15, 0.2) is 0 Å². The first-order chi connectivity index (χ1) is 4.93. The van der Waals surface area contributed by atoms with E-state index in [9.17, 15) is 0 Å². The predicted molar refractivity (Wildman–Crippen MR) is 44.6 cm³/mol. The van der Waals surface area contributed by atoms with Crippen LogP contribution in [0.5, 0.6) is 0 Å². The number of unbranched alkanes of at least 4 members (excludes halogenated alkanes) is 1. The van der Waals surface area contributed by atoms with Crippen molar-refractivity contribution in [2.45, 2.75) is 42.9 Å². The van der Waals surface area contributed by atoms with Crippen molar-refractivity contribution in [3.05, 3.63) is 0 Å². The second-order valence-corrected chi connectivity index (χ2v) is 5.28. The van der Waals surface area contributed by atoms with Gasteiger partial charge in [-0.15, -0.1) is 0 Å². The van der Waals surface area contributed by atoms with E-state index in [2.05, 4.69) is 6.92 Å². The molecule has 1 heterocycles. The molecule has 1 unspecified atom stereocenters. The molecule has 1 saturated heterocycles. The van der Waals surface area contributed by atoms with Crippen molar-refractivity contribution in [2.75, 3.05) is 6.61 Å². The molecule has 0 amide bonds. The van der Waals surface area contributed by atoms with Crippen molar-refractivity contribution in [3.63, 3.8) is 0 Å². The maximum absolute atomic E-state index is 5.13. The Bertz CT molecular complexity index is 81.3. The Kier molecular flexibility index (Phi) is 4.44. The molecule has 0 aromatic heterocycles. The molecule has 0 saturated carbocycles. The monoisotopic (exact) mass is 208 g/mol. The van der Waals surface area contributed by atoms with Gasteiger partial charge in [-0.05, 0) is 0 Å². The van der Waals surface area contributed by atoms with Crippen LogP contribution in [0.4, 0.5) is 0 Å². The summed E-state index contributed by atoms with van der Waals surface area (Å²) in [5, 5.41) is 2.92. The molecule has 0 aromatic rings. The summed E-state index contributed by atoms with van der Waals surface area (Å²) in [6.07, 6.45) is 4.81. The van der Waals surface area contributed by atoms with Crippen molar-refractivity contribution in [1.82, 2.24) is 0 Å². The zero-order valence-electron chi connectivity index (χ0n) is 6.64. The van der Waals surface area contributed by atoms with Gasteiger partial charge in [0.05, 0.1) is 0 Å². The van der Waals surface area contributed by atoms with Crippen LogP contribution in [0.25, 0.3) is 0 Å². The van der Waals surface area contributed by atoms with E-state index in [-0.39, 0.29) is 0 Å². The van der Waals surface area contributed by atoms with Gasteiger partial charge in [-0.2, -0.15) is 0 Å². The van der Waals surface area contributed by atoms with Gasteiger partial charge in [0.25, 0.3) is 0 Å². The molecule has 60 valence electrons. The molecular formula is C8H16OSe. The molecule has 0 aromatic carbocycles. The molecule has 0 aliphatic carbocycles. The van der Waals surface area contributed by atoms with Crippen molar-refractivity contribution < 1.29 is 4.74 Å². The summed E-state index contributed by atoms with van der Waals surface area (Å²) in [7, 11) is 0. The second-order valence-electron chi connectivity index (χ2n) is 2.71. The van der Waals surface area contributed by atoms with Crippen LogP contribution in [-0.4, -0.2) is 27.7 Å². The van der Waals surface area contributed by atoms with Gasteiger partial charge in [-0.3, -0.25) is 0 Å². The van der Waals surface area contributed by atoms with Crippen LogP contribution in [-0.2, 0) is 4.74 Å². The Balaban J connectivity index is 1.68. The Morgan fingerprint density at radius 1 is 1.50 bits per heavy atom. The SMILES string of the molecule is CCCC[Se]CCC1CO1. The van der Waals surface area contributed by atoms with E-state index in [1.165, 1.54) is 29.9 Å². The third-order valence-electron chi connectivity index (χ3n) is 1.63. The minimum absolute atomic E-state index is 0.670. The van der Waals surface area contributed by atoms with E-state index >= 15 is 0 Å². The summed E-state index contributed by atoms with van der Waals surface area (Å²) in [6.45, 7) is 3.31. The van der Waals surface area contributed by atoms with Crippen LogP contribution < -0.4 is 0 Å². The third kappa shape index (κ3) is 4.32. The van der Waals surface area contributed by atoms with Crippen LogP contribution in [0.1, 0.15) is 26.2 Å². The molecule has 0 bridgehead atoms. The van der Waals surface area contributed by atoms with E-state index < -0.39 is 0 Å². The van der Waals surface area contributed by atoms with Gasteiger partial charge in [-0.25, -0.2) is 0 Å². The molecule has 1 fully saturated rings. The van der Waals surface area contributed by atoms with Crippen LogP contribution in [0, 0.1) is 0 Å². The Morgan fingerprint density at radius 2 is 2.30 bits per heavy atom. The fourth-order valence-corrected chi connectivity index (χ4v) is 3.16.